The Bertz CT molecular complexity index is 266. The van der Waals surface area contributed by atoms with E-state index in [1.807, 2.05) is 0 Å². The topological polar surface area (TPSA) is 98.0 Å². The van der Waals surface area contributed by atoms with E-state index in [1.54, 1.807) is 0 Å². The van der Waals surface area contributed by atoms with Gasteiger partial charge in [-0.1, -0.05) is 6.42 Å². The van der Waals surface area contributed by atoms with Crippen molar-refractivity contribution in [1.82, 2.24) is 0 Å². The zero-order chi connectivity index (χ0) is 16.7. The molecule has 5 nitrogen and oxygen atoms in total. The van der Waals surface area contributed by atoms with Gasteiger partial charge in [-0.15, -0.1) is 0 Å². The number of carbonyl (C=O) groups is 1. The van der Waals surface area contributed by atoms with Crippen LogP contribution >= 0.6 is 7.94 Å². The zero-order valence-corrected chi connectivity index (χ0v) is 14.8. The molecule has 0 saturated heterocycles. The minimum absolute atomic E-state index is 0.166. The summed E-state index contributed by atoms with van der Waals surface area (Å²) in [4.78, 5) is 36.9. The van der Waals surface area contributed by atoms with E-state index in [0.29, 0.717) is 12.8 Å². The van der Waals surface area contributed by atoms with E-state index in [-0.39, 0.29) is 6.16 Å². The van der Waals surface area contributed by atoms with Gasteiger partial charge in [0.05, 0.1) is 0 Å². The summed E-state index contributed by atoms with van der Waals surface area (Å²) >= 11 is 0. The Hall–Kier alpha value is -0.220. The molecule has 0 unspecified atom stereocenters. The third-order valence-corrected chi connectivity index (χ3v) is 4.93. The fraction of sp³-hybridized carbons (Fsp3) is 0.938. The van der Waals surface area contributed by atoms with Crippen molar-refractivity contribution in [2.24, 2.45) is 0 Å². The van der Waals surface area contributed by atoms with Gasteiger partial charge in [0.25, 0.3) is 0 Å². The molecule has 0 aromatic heterocycles. The standard InChI is InChI=1S/C16H35O5P/c17-16(18)14-12-10-8-6-4-2-1-3-5-7-9-11-13-15-22(19,20)21/h19-22H,1-15H2,(H,17,18). The Balaban J connectivity index is 3.04. The maximum atomic E-state index is 10.3. The fourth-order valence-corrected chi connectivity index (χ4v) is 3.31. The summed E-state index contributed by atoms with van der Waals surface area (Å²) in [5, 5.41) is 8.51. The zero-order valence-electron chi connectivity index (χ0n) is 13.8. The number of unbranched alkanes of at least 4 members (excludes halogenated alkanes) is 12. The molecule has 0 aliphatic heterocycles. The van der Waals surface area contributed by atoms with Crippen LogP contribution in [-0.2, 0) is 4.79 Å². The Kier molecular flexibility index (Phi) is 14.2. The van der Waals surface area contributed by atoms with Gasteiger partial charge in [0.2, 0.25) is 0 Å². The molecule has 0 spiro atoms. The molecule has 0 aromatic carbocycles. The molecule has 0 atom stereocenters. The van der Waals surface area contributed by atoms with Crippen molar-refractivity contribution in [2.45, 2.75) is 89.9 Å². The van der Waals surface area contributed by atoms with Crippen molar-refractivity contribution < 1.29 is 24.6 Å². The Morgan fingerprint density at radius 1 is 0.591 bits per heavy atom. The molecule has 134 valence electrons. The summed E-state index contributed by atoms with van der Waals surface area (Å²) in [6, 6.07) is 0. The van der Waals surface area contributed by atoms with Crippen molar-refractivity contribution in [1.29, 1.82) is 0 Å². The van der Waals surface area contributed by atoms with E-state index < -0.39 is 13.9 Å². The molecule has 0 aromatic rings. The first kappa shape index (κ1) is 21.8. The molecule has 0 heterocycles. The average molecular weight is 338 g/mol. The van der Waals surface area contributed by atoms with Crippen LogP contribution in [0.5, 0.6) is 0 Å². The van der Waals surface area contributed by atoms with Gasteiger partial charge in [-0.25, -0.2) is 0 Å². The van der Waals surface area contributed by atoms with E-state index in [2.05, 4.69) is 0 Å². The van der Waals surface area contributed by atoms with Crippen LogP contribution in [-0.4, -0.2) is 31.9 Å². The van der Waals surface area contributed by atoms with E-state index in [9.17, 15) is 4.79 Å². The van der Waals surface area contributed by atoms with Crippen LogP contribution in [0.4, 0.5) is 0 Å². The number of hydrogen-bond donors (Lipinski definition) is 4. The summed E-state index contributed by atoms with van der Waals surface area (Å²) in [6.45, 7) is 0. The first-order chi connectivity index (χ1) is 10.4. The molecule has 0 saturated carbocycles. The second-order valence-electron chi connectivity index (χ2n) is 6.26. The van der Waals surface area contributed by atoms with Crippen molar-refractivity contribution in [2.75, 3.05) is 6.16 Å². The second kappa shape index (κ2) is 14.4. The second-order valence-corrected chi connectivity index (χ2v) is 8.31. The van der Waals surface area contributed by atoms with Gasteiger partial charge in [-0.05, 0) is 6.42 Å². The molecule has 0 bridgehead atoms. The maximum absolute atomic E-state index is 10.3. The molecule has 0 aliphatic carbocycles. The number of hydrogen-bond acceptors (Lipinski definition) is 4. The summed E-state index contributed by atoms with van der Waals surface area (Å²) in [7, 11) is -3.79. The van der Waals surface area contributed by atoms with Gasteiger partial charge >= 0.3 is 105 Å². The van der Waals surface area contributed by atoms with Gasteiger partial charge < -0.3 is 5.11 Å². The van der Waals surface area contributed by atoms with Crippen LogP contribution in [0.25, 0.3) is 0 Å². The molecule has 4 N–H and O–H groups in total. The molecule has 0 aliphatic rings. The van der Waals surface area contributed by atoms with Gasteiger partial charge in [-0.3, -0.25) is 4.79 Å². The molecule has 0 amide bonds. The monoisotopic (exact) mass is 338 g/mol. The van der Waals surface area contributed by atoms with E-state index in [4.69, 9.17) is 19.8 Å². The average Bonchev–Trinajstić information content (AvgIpc) is 2.41. The van der Waals surface area contributed by atoms with Crippen LogP contribution in [0.15, 0.2) is 0 Å². The number of carboxylic acids is 1. The molecule has 0 radical (unpaired) electrons. The van der Waals surface area contributed by atoms with Gasteiger partial charge in [0.1, 0.15) is 0 Å². The predicted molar refractivity (Wildman–Crippen MR) is 92.1 cm³/mol. The molecule has 6 heteroatoms. The van der Waals surface area contributed by atoms with Crippen LogP contribution in [0.2, 0.25) is 0 Å². The third-order valence-electron chi connectivity index (χ3n) is 3.90. The van der Waals surface area contributed by atoms with Crippen LogP contribution < -0.4 is 0 Å². The Morgan fingerprint density at radius 2 is 0.909 bits per heavy atom. The van der Waals surface area contributed by atoms with Gasteiger partial charge in [0.15, 0.2) is 0 Å². The van der Waals surface area contributed by atoms with Crippen molar-refractivity contribution in [3.05, 3.63) is 0 Å². The van der Waals surface area contributed by atoms with Crippen molar-refractivity contribution in [3.8, 4) is 0 Å². The number of carboxylic acid groups (broad SMARTS) is 1. The fourth-order valence-electron chi connectivity index (χ4n) is 2.58. The molecular formula is C16H35O5P. The first-order valence-corrected chi connectivity index (χ1v) is 10.9. The summed E-state index contributed by atoms with van der Waals surface area (Å²) in [5.74, 6) is -0.689. The summed E-state index contributed by atoms with van der Waals surface area (Å²) in [5.41, 5.74) is 0. The first-order valence-electron chi connectivity index (χ1n) is 8.81. The van der Waals surface area contributed by atoms with Gasteiger partial charge in [0, 0.05) is 6.42 Å². The van der Waals surface area contributed by atoms with Crippen molar-refractivity contribution in [3.63, 3.8) is 0 Å². The predicted octanol–water partition coefficient (Wildman–Crippen LogP) is 4.00. The van der Waals surface area contributed by atoms with Gasteiger partial charge in [-0.2, -0.15) is 0 Å². The quantitative estimate of drug-likeness (QED) is 0.252. The van der Waals surface area contributed by atoms with E-state index in [1.165, 1.54) is 44.9 Å². The molecular weight excluding hydrogens is 303 g/mol. The summed E-state index contributed by atoms with van der Waals surface area (Å²) in [6.07, 6.45) is 14.9. The summed E-state index contributed by atoms with van der Waals surface area (Å²) < 4.78 is 0. The van der Waals surface area contributed by atoms with Crippen LogP contribution in [0.1, 0.15) is 89.9 Å². The SMILES string of the molecule is O=C(O)CCCCCCCCCCCCCCC[PH](O)(O)O. The minimum atomic E-state index is -3.79. The van der Waals surface area contributed by atoms with Crippen molar-refractivity contribution >= 4 is 13.9 Å². The van der Waals surface area contributed by atoms with Crippen LogP contribution in [0.3, 0.4) is 0 Å². The number of rotatable bonds is 16. The van der Waals surface area contributed by atoms with E-state index in [0.717, 1.165) is 32.1 Å². The van der Waals surface area contributed by atoms with E-state index >= 15 is 0 Å². The molecule has 0 rings (SSSR count). The third kappa shape index (κ3) is 19.8. The molecule has 22 heavy (non-hydrogen) atoms. The van der Waals surface area contributed by atoms with Crippen LogP contribution in [0, 0.1) is 0 Å². The Morgan fingerprint density at radius 3 is 1.23 bits per heavy atom. The number of aliphatic carboxylic acids is 1. The Labute approximate surface area is 135 Å². The molecule has 0 fully saturated rings. The normalized spacial score (nSPS) is 12.5.